The Morgan fingerprint density at radius 2 is 1.58 bits per heavy atom. The van der Waals surface area contributed by atoms with E-state index in [4.69, 9.17) is 10.8 Å². The zero-order chi connectivity index (χ0) is 26.8. The minimum Gasteiger partial charge on any atom is -0.481 e. The fraction of sp³-hybridized carbons (Fsp3) is 0.478. The molecule has 1 saturated heterocycles. The number of likely N-dealkylation sites (tertiary alicyclic amines) is 1. The van der Waals surface area contributed by atoms with E-state index in [0.29, 0.717) is 12.0 Å². The van der Waals surface area contributed by atoms with Crippen LogP contribution in [0.15, 0.2) is 30.3 Å². The summed E-state index contributed by atoms with van der Waals surface area (Å²) in [5.41, 5.74) is 6.32. The van der Waals surface area contributed by atoms with Crippen molar-refractivity contribution >= 4 is 35.6 Å². The maximum Gasteiger partial charge on any atom is 0.326 e. The van der Waals surface area contributed by atoms with Crippen LogP contribution in [0.25, 0.3) is 0 Å². The molecule has 1 aromatic carbocycles. The summed E-state index contributed by atoms with van der Waals surface area (Å²) >= 11 is 0. The van der Waals surface area contributed by atoms with Crippen LogP contribution in [0.1, 0.15) is 37.7 Å². The number of carbonyl (C=O) groups is 6. The first-order valence-electron chi connectivity index (χ1n) is 11.4. The largest absolute Gasteiger partial charge is 0.481 e. The van der Waals surface area contributed by atoms with Gasteiger partial charge in [-0.3, -0.25) is 24.0 Å². The lowest BCUT2D eigenvalue weighted by atomic mass is 10.0. The number of amides is 3. The van der Waals surface area contributed by atoms with Crippen molar-refractivity contribution in [3.8, 4) is 0 Å². The molecule has 36 heavy (non-hydrogen) atoms. The minimum absolute atomic E-state index is 0.000115. The van der Waals surface area contributed by atoms with Gasteiger partial charge in [0.15, 0.2) is 0 Å². The van der Waals surface area contributed by atoms with Gasteiger partial charge in [-0.2, -0.15) is 0 Å². The van der Waals surface area contributed by atoms with E-state index < -0.39 is 72.6 Å². The van der Waals surface area contributed by atoms with E-state index in [0.717, 1.165) is 0 Å². The molecule has 1 fully saturated rings. The summed E-state index contributed by atoms with van der Waals surface area (Å²) in [5, 5.41) is 32.1. The number of nitrogens with two attached hydrogens (primary N) is 1. The van der Waals surface area contributed by atoms with Crippen LogP contribution in [0.5, 0.6) is 0 Å². The quantitative estimate of drug-likeness (QED) is 0.190. The molecule has 0 radical (unpaired) electrons. The molecule has 0 aliphatic carbocycles. The SMILES string of the molecule is NC(CCC(=O)O)C(=O)NC(CC(=O)O)C(=O)NC(Cc1ccccc1)C(=O)N1CCCC1C(=O)O. The van der Waals surface area contributed by atoms with Crippen molar-refractivity contribution in [2.24, 2.45) is 5.73 Å². The lowest BCUT2D eigenvalue weighted by Gasteiger charge is -2.29. The summed E-state index contributed by atoms with van der Waals surface area (Å²) in [7, 11) is 0. The molecule has 13 heteroatoms. The Kier molecular flexibility index (Phi) is 10.3. The van der Waals surface area contributed by atoms with Crippen LogP contribution < -0.4 is 16.4 Å². The average molecular weight is 507 g/mol. The highest BCUT2D eigenvalue weighted by Gasteiger charge is 2.38. The number of nitrogens with one attached hydrogen (secondary N) is 2. The summed E-state index contributed by atoms with van der Waals surface area (Å²) in [4.78, 5) is 73.5. The zero-order valence-electron chi connectivity index (χ0n) is 19.5. The minimum atomic E-state index is -1.61. The molecule has 0 spiro atoms. The molecule has 0 bridgehead atoms. The first kappa shape index (κ1) is 28.2. The monoisotopic (exact) mass is 506 g/mol. The third-order valence-corrected chi connectivity index (χ3v) is 5.74. The molecule has 4 atom stereocenters. The molecule has 1 aliphatic rings. The van der Waals surface area contributed by atoms with Crippen molar-refractivity contribution in [1.82, 2.24) is 15.5 Å². The Morgan fingerprint density at radius 3 is 2.17 bits per heavy atom. The van der Waals surface area contributed by atoms with Crippen LogP contribution in [-0.2, 0) is 35.2 Å². The molecule has 7 N–H and O–H groups in total. The molecule has 1 heterocycles. The fourth-order valence-electron chi connectivity index (χ4n) is 3.88. The van der Waals surface area contributed by atoms with E-state index >= 15 is 0 Å². The molecule has 13 nitrogen and oxygen atoms in total. The maximum absolute atomic E-state index is 13.3. The van der Waals surface area contributed by atoms with Gasteiger partial charge >= 0.3 is 17.9 Å². The summed E-state index contributed by atoms with van der Waals surface area (Å²) in [6, 6.07) is 3.45. The van der Waals surface area contributed by atoms with Gasteiger partial charge in [-0.1, -0.05) is 30.3 Å². The standard InChI is InChI=1S/C23H30N4O9/c24-14(8-9-18(28)29)20(32)25-15(12-19(30)31)21(33)26-16(11-13-5-2-1-3-6-13)22(34)27-10-4-7-17(27)23(35)36/h1-3,5-6,14-17H,4,7-12,24H2,(H,25,32)(H,26,33)(H,28,29)(H,30,31)(H,35,36). The van der Waals surface area contributed by atoms with Crippen LogP contribution >= 0.6 is 0 Å². The molecule has 1 aliphatic heterocycles. The third kappa shape index (κ3) is 8.34. The van der Waals surface area contributed by atoms with Crippen LogP contribution in [0, 0.1) is 0 Å². The molecule has 0 saturated carbocycles. The Balaban J connectivity index is 2.22. The van der Waals surface area contributed by atoms with Gasteiger partial charge in [-0.05, 0) is 24.8 Å². The smallest absolute Gasteiger partial charge is 0.326 e. The molecular weight excluding hydrogens is 476 g/mol. The molecule has 4 unspecified atom stereocenters. The summed E-state index contributed by atoms with van der Waals surface area (Å²) < 4.78 is 0. The molecule has 2 rings (SSSR count). The topological polar surface area (TPSA) is 216 Å². The number of aliphatic carboxylic acids is 3. The summed E-state index contributed by atoms with van der Waals surface area (Å²) in [6.07, 6.45) is -0.724. The third-order valence-electron chi connectivity index (χ3n) is 5.74. The lowest BCUT2D eigenvalue weighted by molar-refractivity contribution is -0.149. The molecule has 3 amide bonds. The summed E-state index contributed by atoms with van der Waals surface area (Å²) in [6.45, 7) is 0.185. The van der Waals surface area contributed by atoms with E-state index in [9.17, 15) is 39.0 Å². The molecule has 1 aromatic rings. The average Bonchev–Trinajstić information content (AvgIpc) is 3.31. The van der Waals surface area contributed by atoms with Gasteiger partial charge in [0, 0.05) is 19.4 Å². The van der Waals surface area contributed by atoms with Gasteiger partial charge in [0.1, 0.15) is 18.1 Å². The predicted octanol–water partition coefficient (Wildman–Crippen LogP) is -1.06. The van der Waals surface area contributed by atoms with E-state index in [-0.39, 0.29) is 25.8 Å². The Labute approximate surface area is 206 Å². The zero-order valence-corrected chi connectivity index (χ0v) is 19.5. The van der Waals surface area contributed by atoms with Crippen LogP contribution in [0.4, 0.5) is 0 Å². The van der Waals surface area contributed by atoms with Gasteiger partial charge in [0.2, 0.25) is 17.7 Å². The van der Waals surface area contributed by atoms with E-state index in [1.807, 2.05) is 0 Å². The van der Waals surface area contributed by atoms with Gasteiger partial charge in [-0.15, -0.1) is 0 Å². The first-order valence-corrected chi connectivity index (χ1v) is 11.4. The number of nitrogens with zero attached hydrogens (tertiary/aromatic N) is 1. The second-order valence-corrected chi connectivity index (χ2v) is 8.48. The highest BCUT2D eigenvalue weighted by atomic mass is 16.4. The number of hydrogen-bond acceptors (Lipinski definition) is 7. The van der Waals surface area contributed by atoms with E-state index in [1.165, 1.54) is 4.90 Å². The van der Waals surface area contributed by atoms with Crippen molar-refractivity contribution in [2.45, 2.75) is 62.7 Å². The van der Waals surface area contributed by atoms with Crippen LogP contribution in [-0.4, -0.2) is 86.6 Å². The second kappa shape index (κ2) is 13.2. The number of rotatable bonds is 13. The van der Waals surface area contributed by atoms with E-state index in [1.54, 1.807) is 30.3 Å². The lowest BCUT2D eigenvalue weighted by Crippen LogP contribution is -2.58. The number of carbonyl (C=O) groups excluding carboxylic acids is 3. The van der Waals surface area contributed by atoms with Gasteiger partial charge in [-0.25, -0.2) is 4.79 Å². The van der Waals surface area contributed by atoms with Crippen LogP contribution in [0.3, 0.4) is 0 Å². The molecular formula is C23H30N4O9. The Morgan fingerprint density at radius 1 is 0.944 bits per heavy atom. The number of benzene rings is 1. The Bertz CT molecular complexity index is 985. The van der Waals surface area contributed by atoms with Crippen molar-refractivity contribution in [3.05, 3.63) is 35.9 Å². The fourth-order valence-corrected chi connectivity index (χ4v) is 3.88. The van der Waals surface area contributed by atoms with Gasteiger partial charge < -0.3 is 36.6 Å². The van der Waals surface area contributed by atoms with Crippen molar-refractivity contribution < 1.29 is 44.1 Å². The maximum atomic E-state index is 13.3. The molecule has 196 valence electrons. The normalized spacial score (nSPS) is 17.5. The molecule has 0 aromatic heterocycles. The van der Waals surface area contributed by atoms with E-state index in [2.05, 4.69) is 10.6 Å². The number of carboxylic acid groups (broad SMARTS) is 3. The van der Waals surface area contributed by atoms with Gasteiger partial charge in [0.25, 0.3) is 0 Å². The highest BCUT2D eigenvalue weighted by Crippen LogP contribution is 2.20. The number of hydrogen-bond donors (Lipinski definition) is 6. The highest BCUT2D eigenvalue weighted by molar-refractivity contribution is 5.96. The van der Waals surface area contributed by atoms with Gasteiger partial charge in [0.05, 0.1) is 12.5 Å². The van der Waals surface area contributed by atoms with Crippen molar-refractivity contribution in [3.63, 3.8) is 0 Å². The number of carboxylic acids is 3. The van der Waals surface area contributed by atoms with Crippen LogP contribution in [0.2, 0.25) is 0 Å². The second-order valence-electron chi connectivity index (χ2n) is 8.48. The van der Waals surface area contributed by atoms with Crippen molar-refractivity contribution in [2.75, 3.05) is 6.54 Å². The first-order chi connectivity index (χ1) is 17.0. The predicted molar refractivity (Wildman–Crippen MR) is 123 cm³/mol. The van der Waals surface area contributed by atoms with Crippen molar-refractivity contribution in [1.29, 1.82) is 0 Å². The Hall–Kier alpha value is -4.00. The summed E-state index contributed by atoms with van der Waals surface area (Å²) in [5.74, 6) is -6.30.